The van der Waals surface area contributed by atoms with Crippen molar-refractivity contribution in [1.29, 1.82) is 0 Å². The fraction of sp³-hybridized carbons (Fsp3) is 0.429. The normalized spacial score (nSPS) is 22.9. The van der Waals surface area contributed by atoms with E-state index in [1.807, 2.05) is 13.0 Å². The first-order valence-electron chi connectivity index (χ1n) is 10.1. The van der Waals surface area contributed by atoms with Gasteiger partial charge in [0.1, 0.15) is 23.3 Å². The minimum Gasteiger partial charge on any atom is -0.355 e. The van der Waals surface area contributed by atoms with Gasteiger partial charge in [0.25, 0.3) is 5.56 Å². The lowest BCUT2D eigenvalue weighted by molar-refractivity contribution is -0.0447. The number of ether oxygens (including phenoxy) is 1. The second kappa shape index (κ2) is 5.92. The molecule has 0 spiro atoms. The van der Waals surface area contributed by atoms with Gasteiger partial charge in [-0.3, -0.25) is 13.8 Å². The Morgan fingerprint density at radius 2 is 2.00 bits per heavy atom. The van der Waals surface area contributed by atoms with Gasteiger partial charge in [-0.2, -0.15) is 4.98 Å². The maximum atomic E-state index is 13.8. The van der Waals surface area contributed by atoms with Gasteiger partial charge in [0.15, 0.2) is 0 Å². The van der Waals surface area contributed by atoms with Crippen LogP contribution in [0.1, 0.15) is 45.4 Å². The molecule has 1 aliphatic carbocycles. The first-order valence-corrected chi connectivity index (χ1v) is 10.5. The highest BCUT2D eigenvalue weighted by Gasteiger charge is 2.45. The highest BCUT2D eigenvalue weighted by atomic mass is 35.5. The standard InChI is InChI=1S/C21H20ClN5O3/c1-20(7-8-20)19-24-17(25-30-19)15-16-18(28)27(21(2)6-3-9-29-21)14-10-12(22)4-5-13(14)26(16)11-23-15/h4-5,10-11H,3,6-9H2,1-2H3. The van der Waals surface area contributed by atoms with Crippen molar-refractivity contribution in [2.45, 2.75) is 50.7 Å². The first-order chi connectivity index (χ1) is 14.4. The predicted molar refractivity (Wildman–Crippen MR) is 111 cm³/mol. The van der Waals surface area contributed by atoms with E-state index in [9.17, 15) is 4.79 Å². The van der Waals surface area contributed by atoms with Crippen LogP contribution in [0.5, 0.6) is 0 Å². The third-order valence-corrected chi connectivity index (χ3v) is 6.67. The van der Waals surface area contributed by atoms with Crippen molar-refractivity contribution in [3.63, 3.8) is 0 Å². The van der Waals surface area contributed by atoms with Crippen molar-refractivity contribution in [1.82, 2.24) is 24.1 Å². The molecule has 1 unspecified atom stereocenters. The van der Waals surface area contributed by atoms with E-state index in [4.69, 9.17) is 20.9 Å². The minimum atomic E-state index is -0.757. The molecule has 2 fully saturated rings. The van der Waals surface area contributed by atoms with E-state index in [1.165, 1.54) is 0 Å². The Bertz CT molecular complexity index is 1370. The largest absolute Gasteiger partial charge is 0.355 e. The van der Waals surface area contributed by atoms with Crippen molar-refractivity contribution in [2.24, 2.45) is 0 Å². The lowest BCUT2D eigenvalue weighted by Gasteiger charge is -2.28. The smallest absolute Gasteiger partial charge is 0.280 e. The molecule has 0 N–H and O–H groups in total. The Labute approximate surface area is 176 Å². The molecule has 0 bridgehead atoms. The molecule has 1 saturated carbocycles. The monoisotopic (exact) mass is 425 g/mol. The second-order valence-electron chi connectivity index (χ2n) is 8.70. The quantitative estimate of drug-likeness (QED) is 0.495. The van der Waals surface area contributed by atoms with Crippen molar-refractivity contribution >= 4 is 28.2 Å². The topological polar surface area (TPSA) is 87.5 Å². The summed E-state index contributed by atoms with van der Waals surface area (Å²) >= 11 is 6.29. The van der Waals surface area contributed by atoms with Crippen LogP contribution in [0.4, 0.5) is 0 Å². The van der Waals surface area contributed by atoms with E-state index < -0.39 is 5.72 Å². The number of aromatic nitrogens is 5. The molecule has 8 nitrogen and oxygen atoms in total. The van der Waals surface area contributed by atoms with Gasteiger partial charge in [-0.1, -0.05) is 23.7 Å². The van der Waals surface area contributed by atoms with Crippen LogP contribution in [-0.4, -0.2) is 30.7 Å². The molecule has 1 aromatic carbocycles. The van der Waals surface area contributed by atoms with Crippen molar-refractivity contribution < 1.29 is 9.26 Å². The predicted octanol–water partition coefficient (Wildman–Crippen LogP) is 3.89. The van der Waals surface area contributed by atoms with E-state index in [0.29, 0.717) is 40.1 Å². The summed E-state index contributed by atoms with van der Waals surface area (Å²) < 4.78 is 15.0. The number of nitrogens with zero attached hydrogens (tertiary/aromatic N) is 5. The van der Waals surface area contributed by atoms with E-state index >= 15 is 0 Å². The van der Waals surface area contributed by atoms with Crippen LogP contribution in [0.3, 0.4) is 0 Å². The van der Waals surface area contributed by atoms with Crippen LogP contribution in [-0.2, 0) is 15.9 Å². The van der Waals surface area contributed by atoms with Gasteiger partial charge < -0.3 is 9.26 Å². The molecule has 6 rings (SSSR count). The summed E-state index contributed by atoms with van der Waals surface area (Å²) in [5.41, 5.74) is 1.28. The molecule has 4 aromatic rings. The number of benzene rings is 1. The summed E-state index contributed by atoms with van der Waals surface area (Å²) in [6, 6.07) is 5.48. The summed E-state index contributed by atoms with van der Waals surface area (Å²) in [6.45, 7) is 4.64. The molecule has 0 amide bonds. The van der Waals surface area contributed by atoms with Crippen LogP contribution in [0.2, 0.25) is 5.02 Å². The molecule has 4 heterocycles. The molecule has 1 aliphatic heterocycles. The Hall–Kier alpha value is -2.71. The van der Waals surface area contributed by atoms with Gasteiger partial charge in [0, 0.05) is 17.0 Å². The van der Waals surface area contributed by atoms with Gasteiger partial charge in [-0.25, -0.2) is 4.98 Å². The molecule has 154 valence electrons. The SMILES string of the molecule is CC1(c2nc(-c3ncn4c3c(=O)n(C3(C)CCCO3)c3cc(Cl)ccc34)no2)CC1. The number of imidazole rings is 1. The Balaban J connectivity index is 1.67. The number of rotatable bonds is 3. The molecule has 30 heavy (non-hydrogen) atoms. The summed E-state index contributed by atoms with van der Waals surface area (Å²) in [5, 5.41) is 4.69. The summed E-state index contributed by atoms with van der Waals surface area (Å²) in [5.74, 6) is 0.924. The average molecular weight is 426 g/mol. The van der Waals surface area contributed by atoms with E-state index in [-0.39, 0.29) is 11.0 Å². The molecule has 3 aromatic heterocycles. The zero-order valence-corrected chi connectivity index (χ0v) is 17.4. The van der Waals surface area contributed by atoms with Crippen LogP contribution in [0.15, 0.2) is 33.8 Å². The maximum absolute atomic E-state index is 13.8. The molecule has 0 radical (unpaired) electrons. The Morgan fingerprint density at radius 3 is 2.73 bits per heavy atom. The lowest BCUT2D eigenvalue weighted by atomic mass is 10.1. The molecule has 1 saturated heterocycles. The highest BCUT2D eigenvalue weighted by molar-refractivity contribution is 6.31. The Morgan fingerprint density at radius 1 is 1.17 bits per heavy atom. The fourth-order valence-electron chi connectivity index (χ4n) is 4.37. The lowest BCUT2D eigenvalue weighted by Crippen LogP contribution is -2.39. The summed E-state index contributed by atoms with van der Waals surface area (Å²) in [4.78, 5) is 22.9. The minimum absolute atomic E-state index is 0.0599. The average Bonchev–Trinajstić information content (AvgIpc) is 3.15. The van der Waals surface area contributed by atoms with Crippen LogP contribution < -0.4 is 5.56 Å². The molecule has 9 heteroatoms. The van der Waals surface area contributed by atoms with Crippen molar-refractivity contribution in [3.05, 3.63) is 45.8 Å². The summed E-state index contributed by atoms with van der Waals surface area (Å²) in [7, 11) is 0. The zero-order chi connectivity index (χ0) is 20.7. The van der Waals surface area contributed by atoms with Crippen LogP contribution >= 0.6 is 11.6 Å². The molecular weight excluding hydrogens is 406 g/mol. The van der Waals surface area contributed by atoms with Gasteiger partial charge >= 0.3 is 0 Å². The van der Waals surface area contributed by atoms with E-state index in [2.05, 4.69) is 22.0 Å². The van der Waals surface area contributed by atoms with Crippen LogP contribution in [0, 0.1) is 0 Å². The van der Waals surface area contributed by atoms with Gasteiger partial charge in [-0.05, 0) is 50.8 Å². The third-order valence-electron chi connectivity index (χ3n) is 6.44. The van der Waals surface area contributed by atoms with Gasteiger partial charge in [-0.15, -0.1) is 0 Å². The fourth-order valence-corrected chi connectivity index (χ4v) is 4.54. The van der Waals surface area contributed by atoms with Crippen molar-refractivity contribution in [2.75, 3.05) is 6.61 Å². The Kier molecular flexibility index (Phi) is 3.57. The number of hydrogen-bond acceptors (Lipinski definition) is 6. The third kappa shape index (κ3) is 2.43. The first kappa shape index (κ1) is 18.1. The maximum Gasteiger partial charge on any atom is 0.280 e. The summed E-state index contributed by atoms with van der Waals surface area (Å²) in [6.07, 6.45) is 5.28. The molecule has 2 aliphatic rings. The highest BCUT2D eigenvalue weighted by Crippen LogP contribution is 2.47. The zero-order valence-electron chi connectivity index (χ0n) is 16.7. The van der Waals surface area contributed by atoms with E-state index in [1.54, 1.807) is 27.4 Å². The molecular formula is C21H20ClN5O3. The van der Waals surface area contributed by atoms with E-state index in [0.717, 1.165) is 31.2 Å². The van der Waals surface area contributed by atoms with Gasteiger partial charge in [0.05, 0.1) is 11.0 Å². The van der Waals surface area contributed by atoms with Crippen molar-refractivity contribution in [3.8, 4) is 11.5 Å². The van der Waals surface area contributed by atoms with Gasteiger partial charge in [0.2, 0.25) is 11.7 Å². The van der Waals surface area contributed by atoms with Crippen LogP contribution in [0.25, 0.3) is 28.1 Å². The number of halogens is 1. The second-order valence-corrected chi connectivity index (χ2v) is 9.13. The molecule has 1 atom stereocenters. The number of fused-ring (bicyclic) bond motifs is 3. The number of hydrogen-bond donors (Lipinski definition) is 0.